The molecule has 0 atom stereocenters. The van der Waals surface area contributed by atoms with Gasteiger partial charge in [-0.15, -0.1) is 0 Å². The number of hydrogen-bond donors (Lipinski definition) is 0. The first-order chi connectivity index (χ1) is 4.30. The first-order valence-corrected chi connectivity index (χ1v) is 3.35. The van der Waals surface area contributed by atoms with Gasteiger partial charge in [0.05, 0.1) is 0 Å². The summed E-state index contributed by atoms with van der Waals surface area (Å²) in [6.07, 6.45) is 0. The Morgan fingerprint density at radius 2 is 1.56 bits per heavy atom. The molecule has 0 nitrogen and oxygen atoms in total. The molecule has 0 heterocycles. The normalized spacial score (nSPS) is 9.11. The second kappa shape index (κ2) is 2.72. The average Bonchev–Trinajstić information content (AvgIpc) is 1.90. The van der Waals surface area contributed by atoms with Crippen LogP contribution >= 0.6 is 0 Å². The van der Waals surface area contributed by atoms with E-state index in [2.05, 4.69) is 37.9 Å². The summed E-state index contributed by atoms with van der Waals surface area (Å²) in [6, 6.07) is 10.5. The molecule has 0 bridgehead atoms. The second-order valence-electron chi connectivity index (χ2n) is 2.57. The Hall–Kier alpha value is -0.715. The molecule has 0 radical (unpaired) electrons. The monoisotopic (exact) mass is 118 g/mol. The molecule has 0 saturated heterocycles. The van der Waals surface area contributed by atoms with Crippen LogP contribution in [0.25, 0.3) is 0 Å². The zero-order valence-corrected chi connectivity index (χ0v) is 5.96. The maximum atomic E-state index is 2.20. The topological polar surface area (TPSA) is 0 Å². The van der Waals surface area contributed by atoms with Crippen LogP contribution in [0.1, 0.15) is 0 Å². The van der Waals surface area contributed by atoms with Crippen molar-refractivity contribution in [3.05, 3.63) is 30.3 Å². The van der Waals surface area contributed by atoms with Gasteiger partial charge in [-0.3, -0.25) is 0 Å². The van der Waals surface area contributed by atoms with E-state index < -0.39 is 0 Å². The molecule has 0 unspecified atom stereocenters. The molecule has 0 spiro atoms. The molecule has 0 aliphatic heterocycles. The van der Waals surface area contributed by atoms with Gasteiger partial charge in [0.15, 0.2) is 6.71 Å². The zero-order chi connectivity index (χ0) is 6.69. The molecule has 1 heteroatoms. The summed E-state index contributed by atoms with van der Waals surface area (Å²) < 4.78 is 0. The van der Waals surface area contributed by atoms with Gasteiger partial charge in [-0.05, 0) is 0 Å². The van der Waals surface area contributed by atoms with Crippen LogP contribution in [0.2, 0.25) is 13.6 Å². The van der Waals surface area contributed by atoms with E-state index in [0.717, 1.165) is 0 Å². The third-order valence-corrected chi connectivity index (χ3v) is 1.47. The van der Waals surface area contributed by atoms with Crippen LogP contribution in [0.4, 0.5) is 0 Å². The van der Waals surface area contributed by atoms with E-state index in [1.165, 1.54) is 5.46 Å². The lowest BCUT2D eigenvalue weighted by atomic mass is 9.49. The van der Waals surface area contributed by atoms with Gasteiger partial charge in [0.25, 0.3) is 0 Å². The van der Waals surface area contributed by atoms with E-state index in [9.17, 15) is 0 Å². The van der Waals surface area contributed by atoms with Crippen LogP contribution < -0.4 is 5.46 Å². The predicted octanol–water partition coefficient (Wildman–Crippen LogP) is 1.65. The van der Waals surface area contributed by atoms with Crippen molar-refractivity contribution < 1.29 is 0 Å². The Balaban J connectivity index is 2.85. The van der Waals surface area contributed by atoms with Gasteiger partial charge >= 0.3 is 0 Å². The standard InChI is InChI=1S/C8H11B/c1-9(2)8-6-4-3-5-7-8/h3-7H,1-2H3. The van der Waals surface area contributed by atoms with E-state index in [1.54, 1.807) is 0 Å². The van der Waals surface area contributed by atoms with Crippen molar-refractivity contribution in [1.82, 2.24) is 0 Å². The Morgan fingerprint density at radius 3 is 1.89 bits per heavy atom. The van der Waals surface area contributed by atoms with Gasteiger partial charge in [0.2, 0.25) is 0 Å². The molecule has 0 aliphatic rings. The quantitative estimate of drug-likeness (QED) is 0.491. The molecule has 0 amide bonds. The van der Waals surface area contributed by atoms with Crippen LogP contribution in [-0.2, 0) is 0 Å². The Morgan fingerprint density at radius 1 is 1.00 bits per heavy atom. The Bertz CT molecular complexity index is 167. The van der Waals surface area contributed by atoms with E-state index in [4.69, 9.17) is 0 Å². The van der Waals surface area contributed by atoms with Crippen LogP contribution in [0.15, 0.2) is 30.3 Å². The molecular weight excluding hydrogens is 107 g/mol. The van der Waals surface area contributed by atoms with Gasteiger partial charge < -0.3 is 0 Å². The molecule has 0 aliphatic carbocycles. The number of hydrogen-bond acceptors (Lipinski definition) is 0. The SMILES string of the molecule is CB(C)c1ccccc1. The summed E-state index contributed by atoms with van der Waals surface area (Å²) in [5.74, 6) is 0. The largest absolute Gasteiger partial charge is 0.169 e. The summed E-state index contributed by atoms with van der Waals surface area (Å²) in [7, 11) is 0. The summed E-state index contributed by atoms with van der Waals surface area (Å²) in [5.41, 5.74) is 1.41. The molecule has 1 aromatic rings. The van der Waals surface area contributed by atoms with E-state index in [-0.39, 0.29) is 0 Å². The van der Waals surface area contributed by atoms with Crippen LogP contribution in [0.5, 0.6) is 0 Å². The third kappa shape index (κ3) is 1.60. The number of benzene rings is 1. The first-order valence-electron chi connectivity index (χ1n) is 3.35. The van der Waals surface area contributed by atoms with E-state index >= 15 is 0 Å². The molecule has 1 rings (SSSR count). The van der Waals surface area contributed by atoms with Crippen molar-refractivity contribution in [1.29, 1.82) is 0 Å². The lowest BCUT2D eigenvalue weighted by Crippen LogP contribution is -2.21. The van der Waals surface area contributed by atoms with Crippen molar-refractivity contribution in [2.24, 2.45) is 0 Å². The molecule has 1 aromatic carbocycles. The van der Waals surface area contributed by atoms with Crippen molar-refractivity contribution in [2.75, 3.05) is 0 Å². The summed E-state index contributed by atoms with van der Waals surface area (Å²) >= 11 is 0. The predicted molar refractivity (Wildman–Crippen MR) is 43.6 cm³/mol. The molecule has 0 N–H and O–H groups in total. The summed E-state index contributed by atoms with van der Waals surface area (Å²) in [5, 5.41) is 0. The minimum absolute atomic E-state index is 0.659. The number of rotatable bonds is 1. The van der Waals surface area contributed by atoms with Crippen LogP contribution in [-0.4, -0.2) is 6.71 Å². The van der Waals surface area contributed by atoms with E-state index in [0.29, 0.717) is 6.71 Å². The van der Waals surface area contributed by atoms with Gasteiger partial charge in [0, 0.05) is 0 Å². The Labute approximate surface area is 57.0 Å². The highest BCUT2D eigenvalue weighted by molar-refractivity contribution is 6.70. The second-order valence-corrected chi connectivity index (χ2v) is 2.57. The van der Waals surface area contributed by atoms with Gasteiger partial charge in [-0.25, -0.2) is 0 Å². The lowest BCUT2D eigenvalue weighted by molar-refractivity contribution is 1.74. The molecule has 0 aromatic heterocycles. The average molecular weight is 118 g/mol. The summed E-state index contributed by atoms with van der Waals surface area (Å²) in [6.45, 7) is 5.07. The molecular formula is C8H11B. The first kappa shape index (κ1) is 6.41. The minimum Gasteiger partial charge on any atom is -0.0819 e. The fourth-order valence-electron chi connectivity index (χ4n) is 0.838. The molecule has 46 valence electrons. The van der Waals surface area contributed by atoms with Crippen molar-refractivity contribution >= 4 is 12.2 Å². The third-order valence-electron chi connectivity index (χ3n) is 1.47. The maximum Gasteiger partial charge on any atom is 0.169 e. The van der Waals surface area contributed by atoms with Crippen LogP contribution in [0.3, 0.4) is 0 Å². The van der Waals surface area contributed by atoms with Gasteiger partial charge in [0.1, 0.15) is 0 Å². The molecule has 0 fully saturated rings. The summed E-state index contributed by atoms with van der Waals surface area (Å²) in [4.78, 5) is 0. The van der Waals surface area contributed by atoms with Gasteiger partial charge in [-0.1, -0.05) is 49.4 Å². The van der Waals surface area contributed by atoms with Crippen molar-refractivity contribution in [3.8, 4) is 0 Å². The van der Waals surface area contributed by atoms with E-state index in [1.807, 2.05) is 6.07 Å². The fraction of sp³-hybridized carbons (Fsp3) is 0.250. The minimum atomic E-state index is 0.659. The highest BCUT2D eigenvalue weighted by atomic mass is 13.8. The lowest BCUT2D eigenvalue weighted by Gasteiger charge is -1.98. The maximum absolute atomic E-state index is 2.20. The molecule has 0 saturated carbocycles. The highest BCUT2D eigenvalue weighted by Gasteiger charge is 1.98. The smallest absolute Gasteiger partial charge is 0.0819 e. The molecule has 9 heavy (non-hydrogen) atoms. The fourth-order valence-corrected chi connectivity index (χ4v) is 0.838. The highest BCUT2D eigenvalue weighted by Crippen LogP contribution is 1.85. The Kier molecular flexibility index (Phi) is 1.94. The van der Waals surface area contributed by atoms with Crippen LogP contribution in [0, 0.1) is 0 Å². The zero-order valence-electron chi connectivity index (χ0n) is 5.96. The van der Waals surface area contributed by atoms with Crippen molar-refractivity contribution in [3.63, 3.8) is 0 Å². The van der Waals surface area contributed by atoms with Crippen molar-refractivity contribution in [2.45, 2.75) is 13.6 Å². The van der Waals surface area contributed by atoms with Gasteiger partial charge in [-0.2, -0.15) is 0 Å².